The molecule has 0 amide bonds. The van der Waals surface area contributed by atoms with Crippen LogP contribution in [-0.4, -0.2) is 28.2 Å². The molecule has 0 aromatic heterocycles. The van der Waals surface area contributed by atoms with Gasteiger partial charge in [-0.05, 0) is 185 Å². The van der Waals surface area contributed by atoms with Gasteiger partial charge in [-0.1, -0.05) is 51.2 Å². The lowest BCUT2D eigenvalue weighted by Crippen LogP contribution is -2.43. The van der Waals surface area contributed by atoms with E-state index in [0.717, 1.165) is 12.7 Å². The number of benzene rings is 4. The number of halogens is 7. The molecule has 0 heterocycles. The van der Waals surface area contributed by atoms with E-state index in [9.17, 15) is 19.8 Å². The van der Waals surface area contributed by atoms with Crippen LogP contribution in [0.25, 0.3) is 0 Å². The van der Waals surface area contributed by atoms with Crippen LogP contribution in [0.4, 0.5) is 0 Å². The predicted molar refractivity (Wildman–Crippen MR) is 234 cm³/mol. The zero-order valence-corrected chi connectivity index (χ0v) is 37.8. The summed E-state index contributed by atoms with van der Waals surface area (Å²) in [5.74, 6) is 0.482. The van der Waals surface area contributed by atoms with Gasteiger partial charge in [-0.15, -0.1) is 0 Å². The Morgan fingerprint density at radius 2 is 1.35 bits per heavy atom. The van der Waals surface area contributed by atoms with E-state index in [1.165, 1.54) is 0 Å². The summed E-state index contributed by atoms with van der Waals surface area (Å²) in [5.41, 5.74) is 7.47. The lowest BCUT2D eigenvalue weighted by Gasteiger charge is -2.26. The lowest BCUT2D eigenvalue weighted by molar-refractivity contribution is -0.138. The Morgan fingerprint density at radius 3 is 1.89 bits per heavy atom. The maximum atomic E-state index is 12.8. The molecule has 0 fully saturated rings. The molecule has 0 spiro atoms. The molecule has 0 bridgehead atoms. The highest BCUT2D eigenvalue weighted by atomic mass is 127. The second-order valence-corrected chi connectivity index (χ2v) is 20.5. The van der Waals surface area contributed by atoms with Crippen LogP contribution < -0.4 is 25.7 Å². The molecule has 0 saturated heterocycles. The van der Waals surface area contributed by atoms with E-state index < -0.39 is 25.4 Å². The number of phenolic OH excluding ortho intramolecular Hbond substituents is 1. The second kappa shape index (κ2) is 17.0. The largest absolute Gasteiger partial charge is 0.506 e. The van der Waals surface area contributed by atoms with Gasteiger partial charge in [0.1, 0.15) is 39.0 Å². The number of nitrogens with two attached hydrogens (primary N) is 2. The number of carboxylic acids is 1. The zero-order chi connectivity index (χ0) is 36.4. The molecule has 4 aromatic rings. The summed E-state index contributed by atoms with van der Waals surface area (Å²) in [6.07, 6.45) is -0.0709. The highest BCUT2D eigenvalue weighted by Crippen LogP contribution is 2.45. The van der Waals surface area contributed by atoms with E-state index in [1.54, 1.807) is 99.8 Å². The number of ether oxygens (including phenoxy) is 3. The Balaban J connectivity index is 1.38. The summed E-state index contributed by atoms with van der Waals surface area (Å²) < 4.78 is 43.2. The summed E-state index contributed by atoms with van der Waals surface area (Å²) in [7, 11) is 0. The van der Waals surface area contributed by atoms with Crippen molar-refractivity contribution in [1.29, 1.82) is 0 Å². The molecule has 0 unspecified atom stereocenters. The summed E-state index contributed by atoms with van der Waals surface area (Å²) in [6, 6.07) is 15.3. The van der Waals surface area contributed by atoms with Crippen LogP contribution in [0.3, 0.4) is 0 Å². The van der Waals surface area contributed by atoms with Crippen molar-refractivity contribution in [2.45, 2.75) is 19.9 Å². The third-order valence-electron chi connectivity index (χ3n) is 6.12. The summed E-state index contributed by atoms with van der Waals surface area (Å²) in [6.45, 7) is 0. The van der Waals surface area contributed by atoms with Crippen molar-refractivity contribution in [3.8, 4) is 34.5 Å². The number of esters is 1. The van der Waals surface area contributed by atoms with Crippen LogP contribution >= 0.6 is 158 Å². The number of phenols is 1. The Bertz CT molecular complexity index is 1860. The van der Waals surface area contributed by atoms with Gasteiger partial charge in [0.15, 0.2) is 5.75 Å². The minimum absolute atomic E-state index is 0.0709. The van der Waals surface area contributed by atoms with E-state index >= 15 is 0 Å². The van der Waals surface area contributed by atoms with E-state index in [0.29, 0.717) is 45.0 Å². The van der Waals surface area contributed by atoms with Gasteiger partial charge in [0.2, 0.25) is 0 Å². The molecule has 0 aliphatic carbocycles. The number of aromatic hydroxyl groups is 1. The van der Waals surface area contributed by atoms with Crippen molar-refractivity contribution in [2.75, 3.05) is 0 Å². The van der Waals surface area contributed by atoms with Crippen LogP contribution in [0.15, 0.2) is 66.7 Å². The van der Waals surface area contributed by atoms with Crippen LogP contribution in [0.1, 0.15) is 25.0 Å². The molecule has 0 radical (unpaired) electrons. The first-order valence-corrected chi connectivity index (χ1v) is 20.2. The van der Waals surface area contributed by atoms with Gasteiger partial charge in [0.25, 0.3) is 0 Å². The molecule has 4 aromatic carbocycles. The second-order valence-electron chi connectivity index (χ2n) is 9.38. The molecule has 6 N–H and O–H groups in total. The van der Waals surface area contributed by atoms with E-state index in [1.807, 2.05) is 79.9 Å². The molecule has 0 aliphatic rings. The minimum Gasteiger partial charge on any atom is -0.506 e. The summed E-state index contributed by atoms with van der Waals surface area (Å²) in [4.78, 5) is 24.7. The first kappa shape index (κ1) is 34.7. The molecule has 242 valence electrons. The van der Waals surface area contributed by atoms with E-state index in [4.69, 9.17) is 24.1 Å². The summed E-state index contributed by atoms with van der Waals surface area (Å²) >= 11 is 14.0. The number of carboxylic acid groups (broad SMARTS) is 1. The third-order valence-corrected chi connectivity index (χ3v) is 12.4. The number of carbonyl (C=O) groups excluding carboxylic acids is 1. The number of hydrogen-bond acceptors (Lipinski definition) is 8. The lowest BCUT2D eigenvalue weighted by atomic mass is 10.0. The van der Waals surface area contributed by atoms with Crippen molar-refractivity contribution in [3.63, 3.8) is 0 Å². The van der Waals surface area contributed by atoms with Gasteiger partial charge in [0, 0.05) is 9.61 Å². The zero-order valence-electron chi connectivity index (χ0n) is 25.7. The van der Waals surface area contributed by atoms with Crippen molar-refractivity contribution in [3.05, 3.63) is 95.7 Å². The van der Waals surface area contributed by atoms with Crippen LogP contribution in [0.2, 0.25) is 2.82 Å². The molecule has 0 aliphatic heterocycles. The van der Waals surface area contributed by atoms with Crippen LogP contribution in [-0.2, 0) is 11.0 Å². The van der Waals surface area contributed by atoms with Gasteiger partial charge >= 0.3 is 11.9 Å². The van der Waals surface area contributed by atoms with Crippen molar-refractivity contribution in [2.24, 2.45) is 11.5 Å². The fraction of sp³-hybridized carbons (Fsp3) is 0.133. The van der Waals surface area contributed by atoms with Crippen LogP contribution in [0.5, 0.6) is 34.5 Å². The maximum Gasteiger partial charge on any atom is 0.323 e. The van der Waals surface area contributed by atoms with Crippen LogP contribution in [0, 0.1) is 17.9 Å². The van der Waals surface area contributed by atoms with Gasteiger partial charge < -0.3 is 35.9 Å². The molecule has 16 heteroatoms. The summed E-state index contributed by atoms with van der Waals surface area (Å²) in [5, 5.41) is 19.7. The average molecular weight is 1420 g/mol. The number of alkyl halides is 2. The van der Waals surface area contributed by atoms with Crippen molar-refractivity contribution >= 4 is 170 Å². The molecule has 0 saturated carbocycles. The number of carbonyl (C=O) groups is 2. The predicted octanol–water partition coefficient (Wildman–Crippen LogP) is 9.43. The Morgan fingerprint density at radius 1 is 0.804 bits per heavy atom. The normalized spacial score (nSPS) is 14.4. The third kappa shape index (κ3) is 9.94. The molecular formula is C30H21I7N2O7. The highest BCUT2D eigenvalue weighted by molar-refractivity contribution is 14.2. The molecular weight excluding hydrogens is 1390 g/mol. The number of aliphatic carboxylic acids is 1. The van der Waals surface area contributed by atoms with E-state index in [-0.39, 0.29) is 17.9 Å². The Kier molecular flexibility index (Phi) is 12.8. The number of hydrogen-bond donors (Lipinski definition) is 4. The highest BCUT2D eigenvalue weighted by Gasteiger charge is 2.39. The van der Waals surface area contributed by atoms with E-state index in [2.05, 4.69) is 45.2 Å². The molecule has 4 rings (SSSR count). The van der Waals surface area contributed by atoms with Crippen molar-refractivity contribution < 1.29 is 38.2 Å². The Labute approximate surface area is 364 Å². The number of rotatable bonds is 12. The topological polar surface area (TPSA) is 154 Å². The van der Waals surface area contributed by atoms with Gasteiger partial charge in [0.05, 0.1) is 22.1 Å². The van der Waals surface area contributed by atoms with Gasteiger partial charge in [-0.25, -0.2) is 0 Å². The maximum absolute atomic E-state index is 12.8. The molecule has 9 nitrogen and oxygen atoms in total. The monoisotopic (exact) mass is 1420 g/mol. The van der Waals surface area contributed by atoms with Crippen molar-refractivity contribution in [1.82, 2.24) is 0 Å². The fourth-order valence-corrected chi connectivity index (χ4v) is 10.9. The smallest absolute Gasteiger partial charge is 0.323 e. The standard InChI is InChI=1S/C30H21I7N2O7/c31-19-9-16(5-6-18(19)30(36,37)28(39)29(42)43)44-14-1-3-15(4-2-14)45-25(40)12-24(38)13-7-22(34)27(23(35)8-13)46-17-10-20(32)26(41)21(33)11-17/h1-11,24,28,41H,12,38-39H2,(H,42,43)/t24-,28+/m0/s1/i28T/hT2. The average Bonchev–Trinajstić information content (AvgIpc) is 3.01. The fourth-order valence-electron chi connectivity index (χ4n) is 3.87. The molecule has 2 atom stereocenters. The first-order valence-electron chi connectivity index (χ1n) is 14.0. The van der Waals surface area contributed by atoms with Gasteiger partial charge in [-0.3, -0.25) is 9.59 Å². The minimum atomic E-state index is -2.59. The first-order chi connectivity index (χ1) is 22.8. The Hall–Kier alpha value is 0.250. The molecule has 46 heavy (non-hydrogen) atoms. The SMILES string of the molecule is [3H]N([3H])[C@]([3H])(C(=O)O)C(I)(I)c1ccc(Oc2ccc(OC(=O)C[C@H](N)c3cc(I)c(Oc4cc(I)c(O)c(I)c4)c(I)c3)cc2)cc1I. The van der Waals surface area contributed by atoms with Gasteiger partial charge in [-0.2, -0.15) is 0 Å². The quantitative estimate of drug-likeness (QED) is 0.0470.